The van der Waals surface area contributed by atoms with Crippen LogP contribution in [0.2, 0.25) is 0 Å². The highest BCUT2D eigenvalue weighted by atomic mass is 19.1. The highest BCUT2D eigenvalue weighted by molar-refractivity contribution is 5.79. The number of benzene rings is 1. The van der Waals surface area contributed by atoms with E-state index >= 15 is 0 Å². The second-order valence-electron chi connectivity index (χ2n) is 2.78. The quantitative estimate of drug-likeness (QED) is 0.621. The number of carbonyl (C=O) groups is 1. The molecule has 2 rings (SSSR count). The third-order valence-corrected chi connectivity index (χ3v) is 2.04. The van der Waals surface area contributed by atoms with E-state index < -0.39 is 11.6 Å². The van der Waals surface area contributed by atoms with Gasteiger partial charge in [0.05, 0.1) is 12.2 Å². The first-order valence-electron chi connectivity index (χ1n) is 3.83. The summed E-state index contributed by atoms with van der Waals surface area (Å²) >= 11 is 0. The average molecular weight is 184 g/mol. The van der Waals surface area contributed by atoms with Gasteiger partial charge in [-0.05, 0) is 0 Å². The Bertz CT molecular complexity index is 374. The summed E-state index contributed by atoms with van der Waals surface area (Å²) in [6.45, 7) is 0.302. The zero-order valence-electron chi connectivity index (χ0n) is 6.64. The van der Waals surface area contributed by atoms with Crippen molar-refractivity contribution in [3.63, 3.8) is 0 Å². The number of carbonyl (C=O) groups excluding carboxylic acids is 1. The van der Waals surface area contributed by atoms with Gasteiger partial charge < -0.3 is 4.74 Å². The van der Waals surface area contributed by atoms with Crippen LogP contribution in [0.15, 0.2) is 6.07 Å². The van der Waals surface area contributed by atoms with Gasteiger partial charge in [-0.1, -0.05) is 0 Å². The molecular weight excluding hydrogens is 178 g/mol. The molecule has 0 saturated carbocycles. The van der Waals surface area contributed by atoms with E-state index in [0.29, 0.717) is 30.9 Å². The largest absolute Gasteiger partial charge is 0.490 e. The molecule has 0 radical (unpaired) electrons. The molecule has 1 aliphatic heterocycles. The lowest BCUT2D eigenvalue weighted by Gasteiger charge is -2.03. The number of aldehydes is 1. The molecule has 0 spiro atoms. The lowest BCUT2D eigenvalue weighted by atomic mass is 10.1. The molecule has 13 heavy (non-hydrogen) atoms. The van der Waals surface area contributed by atoms with Crippen molar-refractivity contribution < 1.29 is 18.3 Å². The number of ether oxygens (including phenoxy) is 1. The molecule has 2 nitrogen and oxygen atoms in total. The molecule has 0 saturated heterocycles. The Hall–Kier alpha value is -1.45. The van der Waals surface area contributed by atoms with Gasteiger partial charge in [0.1, 0.15) is 5.82 Å². The first-order chi connectivity index (χ1) is 6.24. The van der Waals surface area contributed by atoms with Crippen LogP contribution in [0.25, 0.3) is 0 Å². The van der Waals surface area contributed by atoms with Crippen molar-refractivity contribution in [3.05, 3.63) is 28.8 Å². The van der Waals surface area contributed by atoms with Crippen molar-refractivity contribution in [1.82, 2.24) is 0 Å². The zero-order valence-corrected chi connectivity index (χ0v) is 6.64. The molecule has 1 heterocycles. The lowest BCUT2D eigenvalue weighted by Crippen LogP contribution is -1.96. The topological polar surface area (TPSA) is 26.3 Å². The number of rotatable bonds is 1. The Morgan fingerprint density at radius 1 is 1.38 bits per heavy atom. The fourth-order valence-corrected chi connectivity index (χ4v) is 1.45. The number of hydrogen-bond acceptors (Lipinski definition) is 2. The van der Waals surface area contributed by atoms with Gasteiger partial charge in [-0.25, -0.2) is 8.78 Å². The minimum absolute atomic E-state index is 0.0171. The molecule has 0 amide bonds. The standard InChI is InChI=1S/C9H6F2O2/c10-7-3-8(11)9-5(1-2-13-9)6(7)4-12/h3-4H,1-2H2. The Kier molecular flexibility index (Phi) is 1.76. The maximum atomic E-state index is 13.0. The van der Waals surface area contributed by atoms with E-state index in [-0.39, 0.29) is 11.3 Å². The fourth-order valence-electron chi connectivity index (χ4n) is 1.45. The Morgan fingerprint density at radius 3 is 2.85 bits per heavy atom. The third kappa shape index (κ3) is 1.09. The minimum Gasteiger partial charge on any atom is -0.490 e. The number of halogens is 2. The van der Waals surface area contributed by atoms with E-state index in [0.717, 1.165) is 0 Å². The first-order valence-corrected chi connectivity index (χ1v) is 3.83. The smallest absolute Gasteiger partial charge is 0.168 e. The van der Waals surface area contributed by atoms with Gasteiger partial charge in [0, 0.05) is 18.1 Å². The molecule has 0 aromatic heterocycles. The SMILES string of the molecule is O=Cc1c(F)cc(F)c2c1CCO2. The van der Waals surface area contributed by atoms with E-state index in [2.05, 4.69) is 0 Å². The van der Waals surface area contributed by atoms with E-state index in [4.69, 9.17) is 4.74 Å². The number of hydrogen-bond donors (Lipinski definition) is 0. The molecule has 1 aromatic rings. The molecule has 68 valence electrons. The molecular formula is C9H6F2O2. The predicted molar refractivity (Wildman–Crippen MR) is 40.9 cm³/mol. The van der Waals surface area contributed by atoms with Gasteiger partial charge in [0.15, 0.2) is 17.9 Å². The summed E-state index contributed by atoms with van der Waals surface area (Å²) < 4.78 is 30.9. The highest BCUT2D eigenvalue weighted by Crippen LogP contribution is 2.32. The Balaban J connectivity index is 2.71. The first kappa shape index (κ1) is 8.16. The molecule has 0 atom stereocenters. The summed E-state index contributed by atoms with van der Waals surface area (Å²) in [4.78, 5) is 10.5. The van der Waals surface area contributed by atoms with E-state index in [1.807, 2.05) is 0 Å². The summed E-state index contributed by atoms with van der Waals surface area (Å²) in [6, 6.07) is 0.674. The monoisotopic (exact) mass is 184 g/mol. The molecule has 1 aromatic carbocycles. The van der Waals surface area contributed by atoms with Crippen molar-refractivity contribution in [2.45, 2.75) is 6.42 Å². The van der Waals surface area contributed by atoms with E-state index in [1.165, 1.54) is 0 Å². The third-order valence-electron chi connectivity index (χ3n) is 2.04. The molecule has 0 aliphatic carbocycles. The lowest BCUT2D eigenvalue weighted by molar-refractivity contribution is 0.111. The molecule has 1 aliphatic rings. The van der Waals surface area contributed by atoms with Crippen LogP contribution in [0, 0.1) is 11.6 Å². The van der Waals surface area contributed by atoms with Crippen LogP contribution < -0.4 is 4.74 Å². The van der Waals surface area contributed by atoms with Gasteiger partial charge in [-0.15, -0.1) is 0 Å². The summed E-state index contributed by atoms with van der Waals surface area (Å²) in [5, 5.41) is 0. The summed E-state index contributed by atoms with van der Waals surface area (Å²) in [5.74, 6) is -1.55. The van der Waals surface area contributed by atoms with Gasteiger partial charge in [0.2, 0.25) is 0 Å². The highest BCUT2D eigenvalue weighted by Gasteiger charge is 2.23. The summed E-state index contributed by atoms with van der Waals surface area (Å²) in [7, 11) is 0. The maximum Gasteiger partial charge on any atom is 0.168 e. The van der Waals surface area contributed by atoms with Gasteiger partial charge in [-0.2, -0.15) is 0 Å². The molecule has 0 unspecified atom stereocenters. The molecule has 0 fully saturated rings. The van der Waals surface area contributed by atoms with Gasteiger partial charge in [-0.3, -0.25) is 4.79 Å². The van der Waals surface area contributed by atoms with Crippen LogP contribution >= 0.6 is 0 Å². The van der Waals surface area contributed by atoms with Crippen molar-refractivity contribution >= 4 is 6.29 Å². The van der Waals surface area contributed by atoms with Crippen LogP contribution in [0.3, 0.4) is 0 Å². The average Bonchev–Trinajstić information content (AvgIpc) is 2.53. The van der Waals surface area contributed by atoms with E-state index in [9.17, 15) is 13.6 Å². The summed E-state index contributed by atoms with van der Waals surface area (Å²) in [6.07, 6.45) is 0.778. The van der Waals surface area contributed by atoms with Crippen molar-refractivity contribution in [2.75, 3.05) is 6.61 Å². The molecule has 0 bridgehead atoms. The fraction of sp³-hybridized carbons (Fsp3) is 0.222. The predicted octanol–water partition coefficient (Wildman–Crippen LogP) is 1.71. The second-order valence-corrected chi connectivity index (χ2v) is 2.78. The van der Waals surface area contributed by atoms with Crippen molar-refractivity contribution in [3.8, 4) is 5.75 Å². The van der Waals surface area contributed by atoms with Crippen LogP contribution in [-0.2, 0) is 6.42 Å². The second kappa shape index (κ2) is 2.80. The Morgan fingerprint density at radius 2 is 2.15 bits per heavy atom. The van der Waals surface area contributed by atoms with Crippen molar-refractivity contribution in [2.24, 2.45) is 0 Å². The maximum absolute atomic E-state index is 13.0. The van der Waals surface area contributed by atoms with Crippen molar-refractivity contribution in [1.29, 1.82) is 0 Å². The normalized spacial score (nSPS) is 13.7. The zero-order chi connectivity index (χ0) is 9.42. The molecule has 4 heteroatoms. The van der Waals surface area contributed by atoms with E-state index in [1.54, 1.807) is 0 Å². The Labute approximate surface area is 73.1 Å². The number of fused-ring (bicyclic) bond motifs is 1. The van der Waals surface area contributed by atoms with Crippen LogP contribution in [0.1, 0.15) is 15.9 Å². The van der Waals surface area contributed by atoms with Gasteiger partial charge in [0.25, 0.3) is 0 Å². The van der Waals surface area contributed by atoms with Gasteiger partial charge >= 0.3 is 0 Å². The minimum atomic E-state index is -0.822. The van der Waals surface area contributed by atoms with Crippen LogP contribution in [0.5, 0.6) is 5.75 Å². The summed E-state index contributed by atoms with van der Waals surface area (Å²) in [5.41, 5.74) is 0.251. The van der Waals surface area contributed by atoms with Crippen LogP contribution in [0.4, 0.5) is 8.78 Å². The van der Waals surface area contributed by atoms with Crippen LogP contribution in [-0.4, -0.2) is 12.9 Å². The molecule has 0 N–H and O–H groups in total.